The largest absolute Gasteiger partial charge is 0.351 e. The predicted octanol–water partition coefficient (Wildman–Crippen LogP) is 4.36. The fraction of sp³-hybridized carbons (Fsp3) is 0.292. The second kappa shape index (κ2) is 10.5. The van der Waals surface area contributed by atoms with Crippen LogP contribution in [-0.4, -0.2) is 37.5 Å². The minimum Gasteiger partial charge on any atom is -0.351 e. The Hall–Kier alpha value is -2.21. The molecule has 29 heavy (non-hydrogen) atoms. The molecule has 0 spiro atoms. The summed E-state index contributed by atoms with van der Waals surface area (Å²) in [6, 6.07) is 20.4. The van der Waals surface area contributed by atoms with Crippen molar-refractivity contribution >= 4 is 32.6 Å². The van der Waals surface area contributed by atoms with Gasteiger partial charge in [0, 0.05) is 24.1 Å². The quantitative estimate of drug-likeness (QED) is 0.505. The van der Waals surface area contributed by atoms with Crippen molar-refractivity contribution in [3.63, 3.8) is 0 Å². The number of carbonyl (C=O) groups excluding carboxylic acids is 1. The molecule has 152 valence electrons. The van der Waals surface area contributed by atoms with Gasteiger partial charge in [-0.25, -0.2) is 0 Å². The van der Waals surface area contributed by atoms with Crippen molar-refractivity contribution in [2.75, 3.05) is 26.7 Å². The van der Waals surface area contributed by atoms with Crippen LogP contribution in [0, 0.1) is 0 Å². The molecule has 0 saturated heterocycles. The van der Waals surface area contributed by atoms with Crippen LogP contribution in [-0.2, 0) is 13.0 Å². The first-order chi connectivity index (χ1) is 14.1. The van der Waals surface area contributed by atoms with Crippen molar-refractivity contribution in [1.29, 1.82) is 0 Å². The van der Waals surface area contributed by atoms with E-state index in [1.54, 1.807) is 0 Å². The lowest BCUT2D eigenvalue weighted by Gasteiger charge is -2.17. The van der Waals surface area contributed by atoms with Crippen molar-refractivity contribution in [3.8, 4) is 0 Å². The Morgan fingerprint density at radius 3 is 2.48 bits per heavy atom. The molecule has 0 aliphatic heterocycles. The molecule has 3 aromatic carbocycles. The molecule has 0 saturated carbocycles. The Labute approximate surface area is 181 Å². The molecule has 0 aliphatic rings. The van der Waals surface area contributed by atoms with Gasteiger partial charge in [-0.1, -0.05) is 54.6 Å². The number of nitrogens with one attached hydrogen (secondary N) is 1. The summed E-state index contributed by atoms with van der Waals surface area (Å²) in [5, 5.41) is 5.21. The van der Waals surface area contributed by atoms with Gasteiger partial charge in [0.15, 0.2) is 0 Å². The van der Waals surface area contributed by atoms with Gasteiger partial charge in [-0.3, -0.25) is 4.79 Å². The molecular formula is C24H28BrN3O. The molecule has 3 rings (SSSR count). The normalized spacial score (nSPS) is 11.2. The lowest BCUT2D eigenvalue weighted by molar-refractivity contribution is 0.0949. The molecule has 0 radical (unpaired) electrons. The first kappa shape index (κ1) is 21.5. The molecule has 0 atom stereocenters. The second-order valence-electron chi connectivity index (χ2n) is 7.33. The smallest absolute Gasteiger partial charge is 0.252 e. The maximum absolute atomic E-state index is 12.6. The Bertz CT molecular complexity index is 956. The number of nitrogens with zero attached hydrogens (tertiary/aromatic N) is 1. The molecule has 0 bridgehead atoms. The fourth-order valence-corrected chi connectivity index (χ4v) is 4.04. The molecule has 4 nitrogen and oxygen atoms in total. The number of amides is 1. The molecule has 0 heterocycles. The van der Waals surface area contributed by atoms with Gasteiger partial charge in [0.25, 0.3) is 5.91 Å². The summed E-state index contributed by atoms with van der Waals surface area (Å²) in [6.07, 6.45) is 2.13. The van der Waals surface area contributed by atoms with Crippen molar-refractivity contribution < 1.29 is 4.79 Å². The Balaban J connectivity index is 1.42. The first-order valence-corrected chi connectivity index (χ1v) is 10.8. The first-order valence-electron chi connectivity index (χ1n) is 10.0. The third-order valence-electron chi connectivity index (χ3n) is 5.15. The van der Waals surface area contributed by atoms with Gasteiger partial charge < -0.3 is 16.0 Å². The van der Waals surface area contributed by atoms with Crippen LogP contribution in [0.25, 0.3) is 10.8 Å². The average Bonchev–Trinajstić information content (AvgIpc) is 2.74. The van der Waals surface area contributed by atoms with E-state index in [2.05, 4.69) is 57.5 Å². The number of likely N-dealkylation sites (N-methyl/N-ethyl adjacent to an activating group) is 1. The van der Waals surface area contributed by atoms with E-state index in [0.29, 0.717) is 18.7 Å². The van der Waals surface area contributed by atoms with Crippen LogP contribution in [0.5, 0.6) is 0 Å². The van der Waals surface area contributed by atoms with Crippen molar-refractivity contribution in [2.24, 2.45) is 5.73 Å². The highest BCUT2D eigenvalue weighted by Gasteiger charge is 2.12. The Kier molecular flexibility index (Phi) is 7.81. The van der Waals surface area contributed by atoms with Crippen molar-refractivity contribution in [3.05, 3.63) is 81.8 Å². The number of rotatable bonds is 9. The maximum atomic E-state index is 12.6. The summed E-state index contributed by atoms with van der Waals surface area (Å²) in [5.41, 5.74) is 8.82. The molecule has 0 unspecified atom stereocenters. The number of aryl methyl sites for hydroxylation is 1. The number of carbonyl (C=O) groups is 1. The summed E-state index contributed by atoms with van der Waals surface area (Å²) in [6.45, 7) is 3.03. The zero-order valence-corrected chi connectivity index (χ0v) is 18.4. The van der Waals surface area contributed by atoms with Gasteiger partial charge in [0.05, 0.1) is 5.56 Å². The standard InChI is InChI=1S/C24H28BrN3O/c1-28(15-4-5-18-8-10-19(17-26)11-9-18)16-14-27-24(29)22-13-12-20-6-2-3-7-21(20)23(22)25/h2-3,6-13H,4-5,14-17,26H2,1H3,(H,27,29). The highest BCUT2D eigenvalue weighted by molar-refractivity contribution is 9.10. The van der Waals surface area contributed by atoms with Crippen LogP contribution in [0.3, 0.4) is 0 Å². The topological polar surface area (TPSA) is 58.4 Å². The number of nitrogens with two attached hydrogens (primary N) is 1. The molecule has 1 amide bonds. The fourth-order valence-electron chi connectivity index (χ4n) is 3.37. The van der Waals surface area contributed by atoms with E-state index in [1.165, 1.54) is 11.1 Å². The lowest BCUT2D eigenvalue weighted by atomic mass is 10.1. The van der Waals surface area contributed by atoms with E-state index in [4.69, 9.17) is 5.73 Å². The zero-order valence-electron chi connectivity index (χ0n) is 16.8. The molecule has 0 fully saturated rings. The number of fused-ring (bicyclic) bond motifs is 1. The zero-order chi connectivity index (χ0) is 20.6. The van der Waals surface area contributed by atoms with E-state index >= 15 is 0 Å². The van der Waals surface area contributed by atoms with Gasteiger partial charge in [0.1, 0.15) is 0 Å². The van der Waals surface area contributed by atoms with E-state index in [0.717, 1.165) is 41.2 Å². The number of hydrogen-bond donors (Lipinski definition) is 2. The van der Waals surface area contributed by atoms with E-state index in [1.807, 2.05) is 36.4 Å². The van der Waals surface area contributed by atoms with E-state index in [9.17, 15) is 4.79 Å². The van der Waals surface area contributed by atoms with Crippen molar-refractivity contribution in [1.82, 2.24) is 10.2 Å². The number of hydrogen-bond acceptors (Lipinski definition) is 3. The molecule has 0 aromatic heterocycles. The summed E-state index contributed by atoms with van der Waals surface area (Å²) in [7, 11) is 2.09. The van der Waals surface area contributed by atoms with Gasteiger partial charge in [0.2, 0.25) is 0 Å². The molecule has 0 aliphatic carbocycles. The summed E-state index contributed by atoms with van der Waals surface area (Å²) < 4.78 is 0.849. The van der Waals surface area contributed by atoms with Crippen LogP contribution in [0.15, 0.2) is 65.1 Å². The highest BCUT2D eigenvalue weighted by Crippen LogP contribution is 2.27. The summed E-state index contributed by atoms with van der Waals surface area (Å²) in [4.78, 5) is 14.8. The maximum Gasteiger partial charge on any atom is 0.252 e. The van der Waals surface area contributed by atoms with Gasteiger partial charge in [-0.15, -0.1) is 0 Å². The van der Waals surface area contributed by atoms with Crippen LogP contribution >= 0.6 is 15.9 Å². The lowest BCUT2D eigenvalue weighted by Crippen LogP contribution is -2.33. The van der Waals surface area contributed by atoms with Gasteiger partial charge >= 0.3 is 0 Å². The van der Waals surface area contributed by atoms with E-state index in [-0.39, 0.29) is 5.91 Å². The number of benzene rings is 3. The third kappa shape index (κ3) is 5.89. The minimum absolute atomic E-state index is 0.0454. The number of halogens is 1. The van der Waals surface area contributed by atoms with Crippen LogP contribution in [0.1, 0.15) is 27.9 Å². The van der Waals surface area contributed by atoms with Crippen molar-refractivity contribution in [2.45, 2.75) is 19.4 Å². The van der Waals surface area contributed by atoms with Crippen LogP contribution in [0.4, 0.5) is 0 Å². The van der Waals surface area contributed by atoms with Crippen LogP contribution in [0.2, 0.25) is 0 Å². The summed E-state index contributed by atoms with van der Waals surface area (Å²) >= 11 is 3.59. The molecule has 5 heteroatoms. The Morgan fingerprint density at radius 2 is 1.72 bits per heavy atom. The predicted molar refractivity (Wildman–Crippen MR) is 124 cm³/mol. The molecule has 3 N–H and O–H groups in total. The molecule has 3 aromatic rings. The molecular weight excluding hydrogens is 426 g/mol. The highest BCUT2D eigenvalue weighted by atomic mass is 79.9. The summed E-state index contributed by atoms with van der Waals surface area (Å²) in [5.74, 6) is -0.0454. The second-order valence-corrected chi connectivity index (χ2v) is 8.12. The minimum atomic E-state index is -0.0454. The third-order valence-corrected chi connectivity index (χ3v) is 6.01. The Morgan fingerprint density at radius 1 is 1.00 bits per heavy atom. The van der Waals surface area contributed by atoms with Gasteiger partial charge in [-0.2, -0.15) is 0 Å². The average molecular weight is 454 g/mol. The van der Waals surface area contributed by atoms with E-state index < -0.39 is 0 Å². The van der Waals surface area contributed by atoms with Crippen LogP contribution < -0.4 is 11.1 Å². The SMILES string of the molecule is CN(CCCc1ccc(CN)cc1)CCNC(=O)c1ccc2ccccc2c1Br. The monoisotopic (exact) mass is 453 g/mol. The van der Waals surface area contributed by atoms with Gasteiger partial charge in [-0.05, 0) is 70.3 Å².